The number of fused-ring (bicyclic) bond motifs is 2. The van der Waals surface area contributed by atoms with E-state index in [2.05, 4.69) is 18.3 Å². The molecule has 2 heterocycles. The van der Waals surface area contributed by atoms with E-state index in [1.165, 1.54) is 30.5 Å². The zero-order valence-electron chi connectivity index (χ0n) is 21.0. The molecule has 2 fully saturated rings. The zero-order valence-corrected chi connectivity index (χ0v) is 21.0. The van der Waals surface area contributed by atoms with Gasteiger partial charge in [-0.15, -0.1) is 0 Å². The first-order valence-electron chi connectivity index (χ1n) is 13.1. The van der Waals surface area contributed by atoms with Crippen molar-refractivity contribution in [3.63, 3.8) is 0 Å². The number of amides is 2. The van der Waals surface area contributed by atoms with E-state index in [0.29, 0.717) is 24.1 Å². The summed E-state index contributed by atoms with van der Waals surface area (Å²) in [5.41, 5.74) is 5.99. The molecule has 7 heteroatoms. The maximum atomic E-state index is 13.2. The number of pyridine rings is 1. The van der Waals surface area contributed by atoms with Crippen LogP contribution < -0.4 is 10.2 Å². The summed E-state index contributed by atoms with van der Waals surface area (Å²) in [5.74, 6) is 0.486. The van der Waals surface area contributed by atoms with Gasteiger partial charge in [-0.3, -0.25) is 14.7 Å². The van der Waals surface area contributed by atoms with Crippen LogP contribution in [0, 0.1) is 11.3 Å². The normalized spacial score (nSPS) is 20.7. The molecule has 7 nitrogen and oxygen atoms in total. The third-order valence-electron chi connectivity index (χ3n) is 8.47. The van der Waals surface area contributed by atoms with Gasteiger partial charge in [-0.05, 0) is 91.0 Å². The number of ether oxygens (including phenoxy) is 1. The zero-order chi connectivity index (χ0) is 25.6. The Hall–Kier alpha value is -3.74. The first kappa shape index (κ1) is 23.6. The van der Waals surface area contributed by atoms with E-state index in [-0.39, 0.29) is 18.4 Å². The average molecular weight is 498 g/mol. The number of aromatic nitrogens is 1. The van der Waals surface area contributed by atoms with Crippen molar-refractivity contribution in [2.24, 2.45) is 11.3 Å². The number of nitrogens with zero attached hydrogens (tertiary/aromatic N) is 2. The van der Waals surface area contributed by atoms with E-state index >= 15 is 0 Å². The number of benzene rings is 2. The second kappa shape index (κ2) is 9.29. The van der Waals surface area contributed by atoms with Crippen molar-refractivity contribution in [1.29, 1.82) is 0 Å². The lowest BCUT2D eigenvalue weighted by Crippen LogP contribution is -2.29. The molecular weight excluding hydrogens is 466 g/mol. The highest BCUT2D eigenvalue weighted by molar-refractivity contribution is 5.98. The van der Waals surface area contributed by atoms with Crippen molar-refractivity contribution in [2.45, 2.75) is 51.5 Å². The Kier molecular flexibility index (Phi) is 5.94. The van der Waals surface area contributed by atoms with Crippen LogP contribution in [0.1, 0.15) is 65.8 Å². The second-order valence-corrected chi connectivity index (χ2v) is 10.9. The van der Waals surface area contributed by atoms with E-state index in [9.17, 15) is 14.4 Å². The number of anilines is 1. The standard InChI is InChI=1S/C30H31N3O4/c1-30(11-12-30)23-5-9-26-22(18-23)17-21-16-20(4-8-25(21)31-26)28(35)32-27(10-14-34)19-2-6-24(7-3-19)33-13-15-37-29(33)36/h2-4,6-8,14,16-17,23,27H,5,9-13,15,18H2,1H3,(H,32,35)/t23-,27+/m0/s1. The molecule has 2 amide bonds. The number of aldehydes is 1. The van der Waals surface area contributed by atoms with Crippen LogP contribution in [0.5, 0.6) is 0 Å². The van der Waals surface area contributed by atoms with Crippen LogP contribution in [0.2, 0.25) is 0 Å². The van der Waals surface area contributed by atoms with Crippen molar-refractivity contribution in [1.82, 2.24) is 10.3 Å². The maximum Gasteiger partial charge on any atom is 0.414 e. The van der Waals surface area contributed by atoms with Crippen molar-refractivity contribution in [3.8, 4) is 0 Å². The van der Waals surface area contributed by atoms with Gasteiger partial charge in [0.1, 0.15) is 12.9 Å². The molecule has 1 saturated heterocycles. The third kappa shape index (κ3) is 4.59. The van der Waals surface area contributed by atoms with Gasteiger partial charge in [0.15, 0.2) is 0 Å². The molecule has 190 valence electrons. The SMILES string of the molecule is CC1([C@H]2CCc3nc4ccc(C(=O)N[C@H](CC=O)c5ccc(N6CCOC6=O)cc5)cc4cc3C2)CC1. The fourth-order valence-electron chi connectivity index (χ4n) is 5.80. The summed E-state index contributed by atoms with van der Waals surface area (Å²) in [7, 11) is 0. The first-order valence-corrected chi connectivity index (χ1v) is 13.1. The highest BCUT2D eigenvalue weighted by Crippen LogP contribution is 2.55. The van der Waals surface area contributed by atoms with Crippen LogP contribution in [-0.4, -0.2) is 36.4 Å². The van der Waals surface area contributed by atoms with Gasteiger partial charge in [0.25, 0.3) is 5.91 Å². The lowest BCUT2D eigenvalue weighted by Gasteiger charge is -2.29. The first-order chi connectivity index (χ1) is 17.9. The fourth-order valence-corrected chi connectivity index (χ4v) is 5.80. The largest absolute Gasteiger partial charge is 0.447 e. The summed E-state index contributed by atoms with van der Waals surface area (Å²) in [6, 6.07) is 14.7. The number of cyclic esters (lactones) is 1. The van der Waals surface area contributed by atoms with Gasteiger partial charge < -0.3 is 14.8 Å². The molecule has 2 aromatic carbocycles. The minimum atomic E-state index is -0.470. The minimum Gasteiger partial charge on any atom is -0.447 e. The Morgan fingerprint density at radius 3 is 2.73 bits per heavy atom. The quantitative estimate of drug-likeness (QED) is 0.456. The van der Waals surface area contributed by atoms with Gasteiger partial charge in [-0.25, -0.2) is 4.79 Å². The van der Waals surface area contributed by atoms with E-state index in [1.54, 1.807) is 11.0 Å². The molecule has 1 N–H and O–H groups in total. The topological polar surface area (TPSA) is 88.6 Å². The maximum absolute atomic E-state index is 13.2. The number of hydrogen-bond donors (Lipinski definition) is 1. The summed E-state index contributed by atoms with van der Waals surface area (Å²) in [6.07, 6.45) is 6.56. The molecule has 1 saturated carbocycles. The number of hydrogen-bond acceptors (Lipinski definition) is 5. The molecule has 2 aliphatic carbocycles. The van der Waals surface area contributed by atoms with Crippen LogP contribution in [0.3, 0.4) is 0 Å². The molecule has 0 spiro atoms. The van der Waals surface area contributed by atoms with Gasteiger partial charge in [-0.2, -0.15) is 0 Å². The number of carbonyl (C=O) groups excluding carboxylic acids is 3. The van der Waals surface area contributed by atoms with Gasteiger partial charge in [0.05, 0.1) is 18.1 Å². The Morgan fingerprint density at radius 2 is 2.03 bits per heavy atom. The van der Waals surface area contributed by atoms with Crippen LogP contribution in [0.4, 0.5) is 10.5 Å². The third-order valence-corrected chi connectivity index (χ3v) is 8.47. The van der Waals surface area contributed by atoms with E-state index in [0.717, 1.165) is 47.2 Å². The van der Waals surface area contributed by atoms with Crippen molar-refractivity contribution >= 4 is 34.9 Å². The van der Waals surface area contributed by atoms with E-state index in [1.807, 2.05) is 36.4 Å². The highest BCUT2D eigenvalue weighted by atomic mass is 16.6. The fraction of sp³-hybridized carbons (Fsp3) is 0.400. The lowest BCUT2D eigenvalue weighted by molar-refractivity contribution is -0.108. The molecule has 6 rings (SSSR count). The van der Waals surface area contributed by atoms with Crippen LogP contribution >= 0.6 is 0 Å². The summed E-state index contributed by atoms with van der Waals surface area (Å²) in [5, 5.41) is 3.99. The number of nitrogens with one attached hydrogen (secondary N) is 1. The summed E-state index contributed by atoms with van der Waals surface area (Å²) < 4.78 is 5.00. The Bertz CT molecular complexity index is 1380. The molecule has 1 aromatic heterocycles. The Labute approximate surface area is 216 Å². The number of carbonyl (C=O) groups is 3. The lowest BCUT2D eigenvalue weighted by atomic mass is 9.77. The Balaban J connectivity index is 1.20. The smallest absolute Gasteiger partial charge is 0.414 e. The summed E-state index contributed by atoms with van der Waals surface area (Å²) in [4.78, 5) is 43.0. The van der Waals surface area contributed by atoms with Crippen LogP contribution in [-0.2, 0) is 22.4 Å². The summed E-state index contributed by atoms with van der Waals surface area (Å²) in [6.45, 7) is 3.28. The predicted molar refractivity (Wildman–Crippen MR) is 141 cm³/mol. The summed E-state index contributed by atoms with van der Waals surface area (Å²) >= 11 is 0. The molecule has 1 aliphatic heterocycles. The minimum absolute atomic E-state index is 0.152. The van der Waals surface area contributed by atoms with Crippen LogP contribution in [0.25, 0.3) is 10.9 Å². The molecule has 3 aromatic rings. The highest BCUT2D eigenvalue weighted by Gasteiger charge is 2.45. The van der Waals surface area contributed by atoms with Crippen molar-refractivity contribution in [3.05, 3.63) is 70.9 Å². The predicted octanol–water partition coefficient (Wildman–Crippen LogP) is 5.16. The molecule has 0 bridgehead atoms. The van der Waals surface area contributed by atoms with E-state index < -0.39 is 6.04 Å². The van der Waals surface area contributed by atoms with E-state index in [4.69, 9.17) is 9.72 Å². The van der Waals surface area contributed by atoms with Crippen LogP contribution in [0.15, 0.2) is 48.5 Å². The van der Waals surface area contributed by atoms with Gasteiger partial charge >= 0.3 is 6.09 Å². The molecule has 2 atom stereocenters. The number of rotatable bonds is 7. The Morgan fingerprint density at radius 1 is 1.22 bits per heavy atom. The molecular formula is C30H31N3O4. The molecule has 37 heavy (non-hydrogen) atoms. The monoisotopic (exact) mass is 497 g/mol. The van der Waals surface area contributed by atoms with Gasteiger partial charge in [0, 0.05) is 28.8 Å². The van der Waals surface area contributed by atoms with Gasteiger partial charge in [-0.1, -0.05) is 19.1 Å². The van der Waals surface area contributed by atoms with Crippen molar-refractivity contribution in [2.75, 3.05) is 18.1 Å². The molecule has 0 unspecified atom stereocenters. The van der Waals surface area contributed by atoms with Gasteiger partial charge in [0.2, 0.25) is 0 Å². The second-order valence-electron chi connectivity index (χ2n) is 10.9. The number of aryl methyl sites for hydroxylation is 1. The molecule has 3 aliphatic rings. The van der Waals surface area contributed by atoms with Crippen molar-refractivity contribution < 1.29 is 19.1 Å². The molecule has 0 radical (unpaired) electrons. The average Bonchev–Trinajstić information content (AvgIpc) is 3.52.